The molecule has 0 unspecified atom stereocenters. The molecule has 23 heavy (non-hydrogen) atoms. The van der Waals surface area contributed by atoms with Gasteiger partial charge in [-0.2, -0.15) is 0 Å². The largest absolute Gasteiger partial charge is 0.483 e. The van der Waals surface area contributed by atoms with Crippen molar-refractivity contribution in [2.75, 3.05) is 26.8 Å². The standard InChI is InChI=1S/C18H27NO4/c1-13(2)11-19(9-8-18(21)22-5)17(20)12-23-16-10-14(3)6-7-15(16)4/h6-7,10,13H,8-9,11-12H2,1-5H3. The zero-order valence-electron chi connectivity index (χ0n) is 14.7. The van der Waals surface area contributed by atoms with Crippen LogP contribution in [-0.2, 0) is 14.3 Å². The van der Waals surface area contributed by atoms with Gasteiger partial charge in [-0.25, -0.2) is 0 Å². The maximum absolute atomic E-state index is 12.4. The third kappa shape index (κ3) is 6.72. The number of rotatable bonds is 8. The number of methoxy groups -OCH3 is 1. The third-order valence-electron chi connectivity index (χ3n) is 3.45. The quantitative estimate of drug-likeness (QED) is 0.691. The number of carbonyl (C=O) groups excluding carboxylic acids is 2. The molecule has 0 aliphatic heterocycles. The lowest BCUT2D eigenvalue weighted by atomic mass is 10.1. The second kappa shape index (κ2) is 9.18. The molecule has 0 spiro atoms. The summed E-state index contributed by atoms with van der Waals surface area (Å²) in [5, 5.41) is 0. The minimum Gasteiger partial charge on any atom is -0.483 e. The Hall–Kier alpha value is -2.04. The number of aryl methyl sites for hydroxylation is 2. The summed E-state index contributed by atoms with van der Waals surface area (Å²) in [6.45, 7) is 8.90. The van der Waals surface area contributed by atoms with Gasteiger partial charge in [0.1, 0.15) is 5.75 Å². The van der Waals surface area contributed by atoms with Gasteiger partial charge in [0.05, 0.1) is 13.5 Å². The number of ether oxygens (including phenoxy) is 2. The summed E-state index contributed by atoms with van der Waals surface area (Å²) < 4.78 is 10.3. The van der Waals surface area contributed by atoms with E-state index in [4.69, 9.17) is 4.74 Å². The van der Waals surface area contributed by atoms with Crippen molar-refractivity contribution < 1.29 is 19.1 Å². The molecule has 0 atom stereocenters. The molecule has 5 nitrogen and oxygen atoms in total. The van der Waals surface area contributed by atoms with Crippen LogP contribution >= 0.6 is 0 Å². The first-order valence-corrected chi connectivity index (χ1v) is 7.88. The van der Waals surface area contributed by atoms with Crippen LogP contribution < -0.4 is 4.74 Å². The van der Waals surface area contributed by atoms with Crippen molar-refractivity contribution in [3.05, 3.63) is 29.3 Å². The maximum Gasteiger partial charge on any atom is 0.307 e. The zero-order valence-corrected chi connectivity index (χ0v) is 14.7. The van der Waals surface area contributed by atoms with Crippen LogP contribution in [0.15, 0.2) is 18.2 Å². The van der Waals surface area contributed by atoms with Gasteiger partial charge in [-0.05, 0) is 37.0 Å². The summed E-state index contributed by atoms with van der Waals surface area (Å²) >= 11 is 0. The highest BCUT2D eigenvalue weighted by atomic mass is 16.5. The Morgan fingerprint density at radius 2 is 1.91 bits per heavy atom. The minimum atomic E-state index is -0.318. The summed E-state index contributed by atoms with van der Waals surface area (Å²) in [6, 6.07) is 5.90. The van der Waals surface area contributed by atoms with Gasteiger partial charge in [0.15, 0.2) is 6.61 Å². The van der Waals surface area contributed by atoms with E-state index in [1.54, 1.807) is 4.90 Å². The highest BCUT2D eigenvalue weighted by Gasteiger charge is 2.17. The molecular formula is C18H27NO4. The Labute approximate surface area is 138 Å². The summed E-state index contributed by atoms with van der Waals surface area (Å²) in [4.78, 5) is 25.4. The summed E-state index contributed by atoms with van der Waals surface area (Å²) in [5.41, 5.74) is 2.08. The Morgan fingerprint density at radius 3 is 2.52 bits per heavy atom. The van der Waals surface area contributed by atoms with Gasteiger partial charge in [0.2, 0.25) is 0 Å². The molecule has 128 valence electrons. The van der Waals surface area contributed by atoms with E-state index >= 15 is 0 Å². The fourth-order valence-corrected chi connectivity index (χ4v) is 2.18. The van der Waals surface area contributed by atoms with E-state index in [2.05, 4.69) is 4.74 Å². The first-order valence-electron chi connectivity index (χ1n) is 7.88. The monoisotopic (exact) mass is 321 g/mol. The highest BCUT2D eigenvalue weighted by molar-refractivity contribution is 5.78. The van der Waals surface area contributed by atoms with Crippen molar-refractivity contribution in [1.82, 2.24) is 4.90 Å². The second-order valence-corrected chi connectivity index (χ2v) is 6.12. The summed E-state index contributed by atoms with van der Waals surface area (Å²) in [7, 11) is 1.35. The molecule has 1 aromatic carbocycles. The molecule has 0 heterocycles. The van der Waals surface area contributed by atoms with E-state index in [9.17, 15) is 9.59 Å². The van der Waals surface area contributed by atoms with Crippen LogP contribution in [-0.4, -0.2) is 43.6 Å². The number of carbonyl (C=O) groups is 2. The summed E-state index contributed by atoms with van der Waals surface area (Å²) in [5.74, 6) is 0.596. The lowest BCUT2D eigenvalue weighted by molar-refractivity contribution is -0.142. The lowest BCUT2D eigenvalue weighted by Gasteiger charge is -2.24. The van der Waals surface area contributed by atoms with Crippen molar-refractivity contribution >= 4 is 11.9 Å². The Kier molecular flexibility index (Phi) is 7.59. The van der Waals surface area contributed by atoms with E-state index in [0.29, 0.717) is 19.0 Å². The maximum atomic E-state index is 12.4. The summed E-state index contributed by atoms with van der Waals surface area (Å²) in [6.07, 6.45) is 0.193. The minimum absolute atomic E-state index is 0.0296. The van der Waals surface area contributed by atoms with Gasteiger partial charge in [-0.15, -0.1) is 0 Å². The molecule has 1 rings (SSSR count). The molecule has 0 saturated heterocycles. The Balaban J connectivity index is 2.65. The predicted octanol–water partition coefficient (Wildman–Crippen LogP) is 2.73. The van der Waals surface area contributed by atoms with Crippen molar-refractivity contribution in [1.29, 1.82) is 0 Å². The van der Waals surface area contributed by atoms with E-state index in [1.165, 1.54) is 7.11 Å². The van der Waals surface area contributed by atoms with Crippen LogP contribution in [0, 0.1) is 19.8 Å². The van der Waals surface area contributed by atoms with Crippen LogP contribution in [0.25, 0.3) is 0 Å². The van der Waals surface area contributed by atoms with Gasteiger partial charge in [0, 0.05) is 13.1 Å². The molecule has 0 aromatic heterocycles. The van der Waals surface area contributed by atoms with Crippen LogP contribution in [0.1, 0.15) is 31.4 Å². The van der Waals surface area contributed by atoms with Crippen molar-refractivity contribution in [2.24, 2.45) is 5.92 Å². The molecule has 0 radical (unpaired) electrons. The number of esters is 1. The molecule has 0 saturated carbocycles. The number of nitrogens with zero attached hydrogens (tertiary/aromatic N) is 1. The molecule has 0 N–H and O–H groups in total. The fraction of sp³-hybridized carbons (Fsp3) is 0.556. The van der Waals surface area contributed by atoms with Crippen molar-refractivity contribution in [2.45, 2.75) is 34.1 Å². The highest BCUT2D eigenvalue weighted by Crippen LogP contribution is 2.19. The van der Waals surface area contributed by atoms with Gasteiger partial charge in [-0.1, -0.05) is 26.0 Å². The second-order valence-electron chi connectivity index (χ2n) is 6.12. The lowest BCUT2D eigenvalue weighted by Crippen LogP contribution is -2.39. The van der Waals surface area contributed by atoms with Crippen LogP contribution in [0.3, 0.4) is 0 Å². The topological polar surface area (TPSA) is 55.8 Å². The fourth-order valence-electron chi connectivity index (χ4n) is 2.18. The normalized spacial score (nSPS) is 10.5. The average molecular weight is 321 g/mol. The molecular weight excluding hydrogens is 294 g/mol. The molecule has 0 aliphatic carbocycles. The number of benzene rings is 1. The van der Waals surface area contributed by atoms with Crippen LogP contribution in [0.4, 0.5) is 0 Å². The van der Waals surface area contributed by atoms with Gasteiger partial charge < -0.3 is 14.4 Å². The van der Waals surface area contributed by atoms with E-state index in [-0.39, 0.29) is 24.9 Å². The Morgan fingerprint density at radius 1 is 1.22 bits per heavy atom. The molecule has 1 aromatic rings. The number of hydrogen-bond donors (Lipinski definition) is 0. The van der Waals surface area contributed by atoms with E-state index in [1.807, 2.05) is 45.9 Å². The molecule has 0 bridgehead atoms. The molecule has 5 heteroatoms. The first-order chi connectivity index (χ1) is 10.8. The van der Waals surface area contributed by atoms with E-state index in [0.717, 1.165) is 16.9 Å². The van der Waals surface area contributed by atoms with Gasteiger partial charge in [0.25, 0.3) is 5.91 Å². The Bertz CT molecular complexity index is 540. The van der Waals surface area contributed by atoms with Crippen LogP contribution in [0.2, 0.25) is 0 Å². The first kappa shape index (κ1) is 19.0. The van der Waals surface area contributed by atoms with E-state index < -0.39 is 0 Å². The molecule has 0 fully saturated rings. The number of hydrogen-bond acceptors (Lipinski definition) is 4. The average Bonchev–Trinajstić information content (AvgIpc) is 2.51. The predicted molar refractivity (Wildman–Crippen MR) is 89.5 cm³/mol. The van der Waals surface area contributed by atoms with Gasteiger partial charge >= 0.3 is 5.97 Å². The van der Waals surface area contributed by atoms with Gasteiger partial charge in [-0.3, -0.25) is 9.59 Å². The zero-order chi connectivity index (χ0) is 17.4. The number of amides is 1. The smallest absolute Gasteiger partial charge is 0.307 e. The molecule has 1 amide bonds. The van der Waals surface area contributed by atoms with Crippen molar-refractivity contribution in [3.8, 4) is 5.75 Å². The molecule has 0 aliphatic rings. The third-order valence-corrected chi connectivity index (χ3v) is 3.45. The SMILES string of the molecule is COC(=O)CCN(CC(C)C)C(=O)COc1cc(C)ccc1C. The van der Waals surface area contributed by atoms with Crippen LogP contribution in [0.5, 0.6) is 5.75 Å². The van der Waals surface area contributed by atoms with Crippen molar-refractivity contribution in [3.63, 3.8) is 0 Å².